The molecule has 0 bridgehead atoms. The molecule has 1 amide bonds. The fourth-order valence-electron chi connectivity index (χ4n) is 3.06. The Bertz CT molecular complexity index is 458. The number of allylic oxidation sites excluding steroid dienone is 1. The first-order valence-electron chi connectivity index (χ1n) is 8.44. The number of amides is 1. The molecule has 1 fully saturated rings. The molecule has 0 spiro atoms. The lowest BCUT2D eigenvalue weighted by molar-refractivity contribution is -0.122. The second-order valence-electron chi connectivity index (χ2n) is 6.12. The number of rotatable bonds is 8. The molecule has 3 nitrogen and oxygen atoms in total. The van der Waals surface area contributed by atoms with Gasteiger partial charge in [-0.2, -0.15) is 0 Å². The summed E-state index contributed by atoms with van der Waals surface area (Å²) in [4.78, 5) is 14.3. The van der Waals surface area contributed by atoms with Crippen molar-refractivity contribution >= 4 is 5.91 Å². The van der Waals surface area contributed by atoms with Crippen molar-refractivity contribution in [3.8, 4) is 0 Å². The number of aryl methyl sites for hydroxylation is 1. The zero-order valence-corrected chi connectivity index (χ0v) is 13.5. The number of likely N-dealkylation sites (tertiary alicyclic amines) is 1. The van der Waals surface area contributed by atoms with Gasteiger partial charge in [0, 0.05) is 19.0 Å². The van der Waals surface area contributed by atoms with Gasteiger partial charge in [-0.3, -0.25) is 4.79 Å². The predicted octanol–water partition coefficient (Wildman–Crippen LogP) is 3.17. The summed E-state index contributed by atoms with van der Waals surface area (Å²) in [5.74, 6) is 0.163. The standard InChI is InChI=1S/C19H28N2O/c1-2-3-13-19(22)20-18-12-8-15-21(16-18)14-7-11-17-9-5-4-6-10-17/h2,4-6,9-10,18H,1,3,7-8,11-16H2,(H,20,22)/t18-/m1/s1. The molecule has 1 aromatic rings. The van der Waals surface area contributed by atoms with Crippen molar-refractivity contribution in [2.45, 2.75) is 44.6 Å². The van der Waals surface area contributed by atoms with E-state index in [1.807, 2.05) is 0 Å². The third-order valence-electron chi connectivity index (χ3n) is 4.23. The Balaban J connectivity index is 1.67. The van der Waals surface area contributed by atoms with Crippen LogP contribution in [0.15, 0.2) is 43.0 Å². The highest BCUT2D eigenvalue weighted by molar-refractivity contribution is 5.76. The van der Waals surface area contributed by atoms with Crippen LogP contribution in [0.4, 0.5) is 0 Å². The summed E-state index contributed by atoms with van der Waals surface area (Å²) in [5, 5.41) is 3.16. The number of carbonyl (C=O) groups is 1. The maximum Gasteiger partial charge on any atom is 0.220 e. The van der Waals surface area contributed by atoms with Gasteiger partial charge >= 0.3 is 0 Å². The second kappa shape index (κ2) is 9.42. The van der Waals surface area contributed by atoms with Crippen molar-refractivity contribution < 1.29 is 4.79 Å². The van der Waals surface area contributed by atoms with Gasteiger partial charge in [-0.1, -0.05) is 36.4 Å². The molecular formula is C19H28N2O. The van der Waals surface area contributed by atoms with Crippen LogP contribution in [-0.4, -0.2) is 36.5 Å². The molecule has 120 valence electrons. The zero-order chi connectivity index (χ0) is 15.6. The molecule has 0 aliphatic carbocycles. The summed E-state index contributed by atoms with van der Waals surface area (Å²) >= 11 is 0. The van der Waals surface area contributed by atoms with Crippen LogP contribution in [0.1, 0.15) is 37.7 Å². The van der Waals surface area contributed by atoms with E-state index in [1.54, 1.807) is 6.08 Å². The fraction of sp³-hybridized carbons (Fsp3) is 0.526. The van der Waals surface area contributed by atoms with Crippen LogP contribution >= 0.6 is 0 Å². The van der Waals surface area contributed by atoms with Crippen LogP contribution in [0, 0.1) is 0 Å². The summed E-state index contributed by atoms with van der Waals surface area (Å²) in [5.41, 5.74) is 1.41. The summed E-state index contributed by atoms with van der Waals surface area (Å²) < 4.78 is 0. The highest BCUT2D eigenvalue weighted by Crippen LogP contribution is 2.12. The average Bonchev–Trinajstić information content (AvgIpc) is 2.54. The maximum absolute atomic E-state index is 11.8. The van der Waals surface area contributed by atoms with Gasteiger partial charge in [0.2, 0.25) is 5.91 Å². The number of nitrogens with one attached hydrogen (secondary N) is 1. The van der Waals surface area contributed by atoms with Gasteiger partial charge in [0.15, 0.2) is 0 Å². The molecule has 1 aliphatic rings. The van der Waals surface area contributed by atoms with Gasteiger partial charge in [0.05, 0.1) is 0 Å². The summed E-state index contributed by atoms with van der Waals surface area (Å²) in [7, 11) is 0. The van der Waals surface area contributed by atoms with Crippen LogP contribution in [0.2, 0.25) is 0 Å². The number of benzene rings is 1. The van der Waals surface area contributed by atoms with Crippen LogP contribution < -0.4 is 5.32 Å². The van der Waals surface area contributed by atoms with Crippen molar-refractivity contribution in [1.29, 1.82) is 0 Å². The molecule has 1 atom stereocenters. The molecule has 1 aliphatic heterocycles. The molecule has 1 saturated heterocycles. The molecule has 1 heterocycles. The highest BCUT2D eigenvalue weighted by atomic mass is 16.1. The van der Waals surface area contributed by atoms with E-state index in [0.717, 1.165) is 38.9 Å². The van der Waals surface area contributed by atoms with Crippen LogP contribution in [0.3, 0.4) is 0 Å². The van der Waals surface area contributed by atoms with E-state index in [4.69, 9.17) is 0 Å². The SMILES string of the molecule is C=CCCC(=O)N[C@@H]1CCCN(CCCc2ccccc2)C1. The Morgan fingerprint density at radius 1 is 1.36 bits per heavy atom. The molecule has 1 N–H and O–H groups in total. The first-order valence-corrected chi connectivity index (χ1v) is 8.44. The monoisotopic (exact) mass is 300 g/mol. The van der Waals surface area contributed by atoms with E-state index in [2.05, 4.69) is 47.1 Å². The van der Waals surface area contributed by atoms with E-state index in [0.29, 0.717) is 12.5 Å². The molecule has 0 radical (unpaired) electrons. The first kappa shape index (κ1) is 16.8. The van der Waals surface area contributed by atoms with Crippen LogP contribution in [-0.2, 0) is 11.2 Å². The van der Waals surface area contributed by atoms with Gasteiger partial charge in [-0.05, 0) is 50.8 Å². The predicted molar refractivity (Wildman–Crippen MR) is 91.8 cm³/mol. The third kappa shape index (κ3) is 6.02. The summed E-state index contributed by atoms with van der Waals surface area (Å²) in [6.07, 6.45) is 7.73. The Labute approximate surface area is 134 Å². The van der Waals surface area contributed by atoms with Crippen molar-refractivity contribution in [3.63, 3.8) is 0 Å². The van der Waals surface area contributed by atoms with Gasteiger partial charge < -0.3 is 10.2 Å². The highest BCUT2D eigenvalue weighted by Gasteiger charge is 2.20. The first-order chi connectivity index (χ1) is 10.8. The van der Waals surface area contributed by atoms with Gasteiger partial charge in [-0.25, -0.2) is 0 Å². The van der Waals surface area contributed by atoms with Crippen LogP contribution in [0.5, 0.6) is 0 Å². The minimum atomic E-state index is 0.163. The Morgan fingerprint density at radius 3 is 2.95 bits per heavy atom. The van der Waals surface area contributed by atoms with E-state index in [9.17, 15) is 4.79 Å². The molecule has 0 saturated carbocycles. The smallest absolute Gasteiger partial charge is 0.220 e. The minimum Gasteiger partial charge on any atom is -0.352 e. The lowest BCUT2D eigenvalue weighted by atomic mass is 10.0. The number of nitrogens with zero attached hydrogens (tertiary/aromatic N) is 1. The van der Waals surface area contributed by atoms with Gasteiger partial charge in [-0.15, -0.1) is 6.58 Å². The molecule has 2 rings (SSSR count). The maximum atomic E-state index is 11.8. The van der Waals surface area contributed by atoms with E-state index in [1.165, 1.54) is 18.4 Å². The van der Waals surface area contributed by atoms with Crippen LogP contribution in [0.25, 0.3) is 0 Å². The van der Waals surface area contributed by atoms with Crippen molar-refractivity contribution in [1.82, 2.24) is 10.2 Å². The zero-order valence-electron chi connectivity index (χ0n) is 13.5. The van der Waals surface area contributed by atoms with Gasteiger partial charge in [0.1, 0.15) is 0 Å². The van der Waals surface area contributed by atoms with E-state index >= 15 is 0 Å². The van der Waals surface area contributed by atoms with Crippen molar-refractivity contribution in [2.75, 3.05) is 19.6 Å². The Kier molecular flexibility index (Phi) is 7.17. The largest absolute Gasteiger partial charge is 0.352 e. The molecular weight excluding hydrogens is 272 g/mol. The van der Waals surface area contributed by atoms with E-state index < -0.39 is 0 Å². The molecule has 22 heavy (non-hydrogen) atoms. The quantitative estimate of drug-likeness (QED) is 0.748. The Hall–Kier alpha value is -1.61. The molecule has 0 unspecified atom stereocenters. The molecule has 3 heteroatoms. The summed E-state index contributed by atoms with van der Waals surface area (Å²) in [6, 6.07) is 11.0. The molecule has 1 aromatic carbocycles. The lowest BCUT2D eigenvalue weighted by Crippen LogP contribution is -2.47. The van der Waals surface area contributed by atoms with E-state index in [-0.39, 0.29) is 5.91 Å². The number of hydrogen-bond donors (Lipinski definition) is 1. The number of piperidine rings is 1. The Morgan fingerprint density at radius 2 is 2.18 bits per heavy atom. The van der Waals surface area contributed by atoms with Gasteiger partial charge in [0.25, 0.3) is 0 Å². The number of hydrogen-bond acceptors (Lipinski definition) is 2. The summed E-state index contributed by atoms with van der Waals surface area (Å²) in [6.45, 7) is 6.94. The minimum absolute atomic E-state index is 0.163. The van der Waals surface area contributed by atoms with Crippen molar-refractivity contribution in [3.05, 3.63) is 48.6 Å². The number of carbonyl (C=O) groups excluding carboxylic acids is 1. The fourth-order valence-corrected chi connectivity index (χ4v) is 3.06. The lowest BCUT2D eigenvalue weighted by Gasteiger charge is -2.33. The van der Waals surface area contributed by atoms with Crippen molar-refractivity contribution in [2.24, 2.45) is 0 Å². The average molecular weight is 300 g/mol. The third-order valence-corrected chi connectivity index (χ3v) is 4.23. The topological polar surface area (TPSA) is 32.3 Å². The molecule has 0 aromatic heterocycles. The second-order valence-corrected chi connectivity index (χ2v) is 6.12. The normalized spacial score (nSPS) is 18.8.